The van der Waals surface area contributed by atoms with E-state index in [0.29, 0.717) is 19.4 Å². The van der Waals surface area contributed by atoms with Gasteiger partial charge in [0.15, 0.2) is 6.10 Å². The molecule has 5 heteroatoms. The molecule has 0 saturated heterocycles. The monoisotopic (exact) mass is 729 g/mol. The van der Waals surface area contributed by atoms with E-state index in [2.05, 4.69) is 69.4 Å². The van der Waals surface area contributed by atoms with Crippen molar-refractivity contribution in [1.29, 1.82) is 0 Å². The van der Waals surface area contributed by atoms with Crippen LogP contribution in [-0.2, 0) is 23.8 Å². The fraction of sp³-hybridized carbons (Fsp3) is 0.787. The van der Waals surface area contributed by atoms with Crippen LogP contribution in [0.2, 0.25) is 0 Å². The van der Waals surface area contributed by atoms with Crippen LogP contribution in [0, 0.1) is 0 Å². The van der Waals surface area contributed by atoms with Crippen molar-refractivity contribution in [2.24, 2.45) is 0 Å². The first-order valence-electron chi connectivity index (χ1n) is 22.2. The van der Waals surface area contributed by atoms with Gasteiger partial charge in [-0.25, -0.2) is 0 Å². The molecular weight excluding hydrogens is 645 g/mol. The van der Waals surface area contributed by atoms with E-state index in [1.807, 2.05) is 0 Å². The van der Waals surface area contributed by atoms with Gasteiger partial charge >= 0.3 is 11.9 Å². The maximum absolute atomic E-state index is 12.6. The molecule has 1 atom stereocenters. The summed E-state index contributed by atoms with van der Waals surface area (Å²) in [5.41, 5.74) is 0. The van der Waals surface area contributed by atoms with E-state index >= 15 is 0 Å². The van der Waals surface area contributed by atoms with Gasteiger partial charge in [0.05, 0.1) is 6.61 Å². The molecule has 0 radical (unpaired) electrons. The third-order valence-corrected chi connectivity index (χ3v) is 9.38. The predicted molar refractivity (Wildman–Crippen MR) is 224 cm³/mol. The van der Waals surface area contributed by atoms with Gasteiger partial charge in [-0.15, -0.1) is 0 Å². The summed E-state index contributed by atoms with van der Waals surface area (Å²) in [6.07, 6.45) is 51.1. The summed E-state index contributed by atoms with van der Waals surface area (Å²) in [5.74, 6) is -0.443. The largest absolute Gasteiger partial charge is 0.462 e. The maximum Gasteiger partial charge on any atom is 0.306 e. The van der Waals surface area contributed by atoms with Gasteiger partial charge in [0.25, 0.3) is 0 Å². The lowest BCUT2D eigenvalue weighted by Gasteiger charge is -2.18. The number of hydrogen-bond donors (Lipinski definition) is 0. The zero-order chi connectivity index (χ0) is 37.8. The second kappa shape index (κ2) is 43.3. The van der Waals surface area contributed by atoms with Crippen LogP contribution in [0.15, 0.2) is 48.6 Å². The average molecular weight is 729 g/mol. The summed E-state index contributed by atoms with van der Waals surface area (Å²) < 4.78 is 17.2. The maximum atomic E-state index is 12.6. The van der Waals surface area contributed by atoms with Gasteiger partial charge in [-0.1, -0.05) is 191 Å². The Bertz CT molecular complexity index is 873. The topological polar surface area (TPSA) is 61.8 Å². The fourth-order valence-corrected chi connectivity index (χ4v) is 6.09. The molecule has 302 valence electrons. The van der Waals surface area contributed by atoms with E-state index in [4.69, 9.17) is 14.2 Å². The number of hydrogen-bond acceptors (Lipinski definition) is 5. The van der Waals surface area contributed by atoms with Gasteiger partial charge in [-0.05, 0) is 57.8 Å². The zero-order valence-corrected chi connectivity index (χ0v) is 34.6. The lowest BCUT2D eigenvalue weighted by Crippen LogP contribution is -2.30. The van der Waals surface area contributed by atoms with Crippen molar-refractivity contribution < 1.29 is 23.8 Å². The van der Waals surface area contributed by atoms with Crippen LogP contribution in [0.1, 0.15) is 213 Å². The Morgan fingerprint density at radius 2 is 0.865 bits per heavy atom. The van der Waals surface area contributed by atoms with Crippen molar-refractivity contribution >= 4 is 11.9 Å². The number of unbranched alkanes of at least 4 members (excludes halogenated alkanes) is 21. The van der Waals surface area contributed by atoms with Crippen LogP contribution in [0.5, 0.6) is 0 Å². The van der Waals surface area contributed by atoms with Crippen LogP contribution in [0.4, 0.5) is 0 Å². The molecule has 0 saturated carbocycles. The van der Waals surface area contributed by atoms with Gasteiger partial charge in [0, 0.05) is 19.4 Å². The molecule has 1 unspecified atom stereocenters. The SMILES string of the molecule is CC/C=C\C/C=C\C/C=C\C/C=C\CCCCC(=O)OCC(COCCCCCCCCCCCCCC)OC(=O)CCCCCCCCCCC. The van der Waals surface area contributed by atoms with Gasteiger partial charge in [-0.2, -0.15) is 0 Å². The summed E-state index contributed by atoms with van der Waals surface area (Å²) in [7, 11) is 0. The van der Waals surface area contributed by atoms with Gasteiger partial charge in [0.2, 0.25) is 0 Å². The molecule has 0 heterocycles. The molecule has 0 aliphatic rings. The quantitative estimate of drug-likeness (QED) is 0.0357. The number of allylic oxidation sites excluding steroid dienone is 8. The minimum Gasteiger partial charge on any atom is -0.462 e. The normalized spacial score (nSPS) is 12.6. The predicted octanol–water partition coefficient (Wildman–Crippen LogP) is 14.4. The van der Waals surface area contributed by atoms with Crippen molar-refractivity contribution in [2.75, 3.05) is 19.8 Å². The van der Waals surface area contributed by atoms with Crippen molar-refractivity contribution in [3.8, 4) is 0 Å². The Hall–Kier alpha value is -2.14. The van der Waals surface area contributed by atoms with Crippen LogP contribution in [0.3, 0.4) is 0 Å². The first-order chi connectivity index (χ1) is 25.6. The highest BCUT2D eigenvalue weighted by Gasteiger charge is 2.17. The second-order valence-electron chi connectivity index (χ2n) is 14.6. The summed E-state index contributed by atoms with van der Waals surface area (Å²) in [5, 5.41) is 0. The molecule has 0 bridgehead atoms. The molecule has 0 aromatic heterocycles. The van der Waals surface area contributed by atoms with Crippen LogP contribution in [0.25, 0.3) is 0 Å². The Labute approximate surface area is 322 Å². The molecule has 0 aliphatic heterocycles. The Balaban J connectivity index is 4.28. The average Bonchev–Trinajstić information content (AvgIpc) is 3.14. The Morgan fingerprint density at radius 1 is 0.442 bits per heavy atom. The van der Waals surface area contributed by atoms with Gasteiger partial charge in [-0.3, -0.25) is 9.59 Å². The molecule has 0 aromatic rings. The van der Waals surface area contributed by atoms with Gasteiger partial charge in [0.1, 0.15) is 6.61 Å². The summed E-state index contributed by atoms with van der Waals surface area (Å²) in [6.45, 7) is 7.66. The number of rotatable bonds is 40. The smallest absolute Gasteiger partial charge is 0.306 e. The van der Waals surface area contributed by atoms with E-state index < -0.39 is 6.10 Å². The molecule has 0 N–H and O–H groups in total. The van der Waals surface area contributed by atoms with Crippen LogP contribution >= 0.6 is 0 Å². The molecular formula is C47H84O5. The van der Waals surface area contributed by atoms with Crippen LogP contribution in [-0.4, -0.2) is 37.9 Å². The standard InChI is InChI=1S/C47H84O5/c1-4-7-10-13-16-19-21-23-24-25-26-29-31-34-37-40-46(48)51-44-45(52-47(49)41-38-35-32-28-18-15-12-9-6-3)43-50-42-39-36-33-30-27-22-20-17-14-11-8-5-2/h7,10,16,19,23-24,26,29,45H,4-6,8-9,11-15,17-18,20-22,25,27-28,30-44H2,1-3H3/b10-7-,19-16-,24-23-,29-26-. The minimum absolute atomic E-state index is 0.0671. The lowest BCUT2D eigenvalue weighted by atomic mass is 10.1. The molecule has 0 rings (SSSR count). The number of carbonyl (C=O) groups is 2. The minimum atomic E-state index is -0.545. The highest BCUT2D eigenvalue weighted by Crippen LogP contribution is 2.14. The third-order valence-electron chi connectivity index (χ3n) is 9.38. The van der Waals surface area contributed by atoms with Crippen LogP contribution < -0.4 is 0 Å². The van der Waals surface area contributed by atoms with Crippen molar-refractivity contribution in [2.45, 2.75) is 219 Å². The van der Waals surface area contributed by atoms with Gasteiger partial charge < -0.3 is 14.2 Å². The summed E-state index contributed by atoms with van der Waals surface area (Å²) in [6, 6.07) is 0. The highest BCUT2D eigenvalue weighted by atomic mass is 16.6. The first-order valence-corrected chi connectivity index (χ1v) is 22.2. The first kappa shape index (κ1) is 49.9. The van der Waals surface area contributed by atoms with Crippen molar-refractivity contribution in [1.82, 2.24) is 0 Å². The Morgan fingerprint density at radius 3 is 1.38 bits per heavy atom. The number of esters is 2. The lowest BCUT2D eigenvalue weighted by molar-refractivity contribution is -0.163. The molecule has 5 nitrogen and oxygen atoms in total. The zero-order valence-electron chi connectivity index (χ0n) is 34.6. The Kier molecular flexibility index (Phi) is 41.5. The van der Waals surface area contributed by atoms with E-state index in [9.17, 15) is 9.59 Å². The summed E-state index contributed by atoms with van der Waals surface area (Å²) in [4.78, 5) is 25.1. The molecule has 52 heavy (non-hydrogen) atoms. The van der Waals surface area contributed by atoms with E-state index in [-0.39, 0.29) is 25.2 Å². The van der Waals surface area contributed by atoms with Crippen molar-refractivity contribution in [3.63, 3.8) is 0 Å². The number of carbonyl (C=O) groups excluding carboxylic acids is 2. The molecule has 0 amide bonds. The van der Waals surface area contributed by atoms with Crippen molar-refractivity contribution in [3.05, 3.63) is 48.6 Å². The summed E-state index contributed by atoms with van der Waals surface area (Å²) >= 11 is 0. The second-order valence-corrected chi connectivity index (χ2v) is 14.6. The third kappa shape index (κ3) is 40.6. The van der Waals surface area contributed by atoms with E-state index in [0.717, 1.165) is 70.6 Å². The van der Waals surface area contributed by atoms with E-state index in [1.165, 1.54) is 109 Å². The van der Waals surface area contributed by atoms with E-state index in [1.54, 1.807) is 0 Å². The molecule has 0 spiro atoms. The molecule has 0 aliphatic carbocycles. The number of ether oxygens (including phenoxy) is 3. The molecule has 0 fully saturated rings. The molecule has 0 aromatic carbocycles. The fourth-order valence-electron chi connectivity index (χ4n) is 6.09. The highest BCUT2D eigenvalue weighted by molar-refractivity contribution is 5.70.